The Labute approximate surface area is 270 Å². The lowest BCUT2D eigenvalue weighted by Crippen LogP contribution is -2.04. The van der Waals surface area contributed by atoms with Crippen LogP contribution in [-0.2, 0) is 0 Å². The minimum atomic E-state index is 0.0999. The molecule has 4 aromatic rings. The van der Waals surface area contributed by atoms with Gasteiger partial charge in [0.15, 0.2) is 34.5 Å². The van der Waals surface area contributed by atoms with Crippen LogP contribution in [0.2, 0.25) is 0 Å². The number of phenolic OH excluding ortho intramolecular Hbond substituents is 1. The maximum Gasteiger partial charge on any atom is 0.161 e. The van der Waals surface area contributed by atoms with Gasteiger partial charge in [0.05, 0.1) is 33.5 Å². The molecule has 4 rings (SSSR count). The maximum absolute atomic E-state index is 10.9. The van der Waals surface area contributed by atoms with Gasteiger partial charge in [0, 0.05) is 0 Å². The minimum Gasteiger partial charge on any atom is -0.504 e. The molecule has 45 heavy (non-hydrogen) atoms. The largest absolute Gasteiger partial charge is 0.504 e. The van der Waals surface area contributed by atoms with Crippen LogP contribution in [0.5, 0.6) is 34.5 Å². The lowest BCUT2D eigenvalue weighted by Gasteiger charge is -2.19. The van der Waals surface area contributed by atoms with E-state index in [1.807, 2.05) is 6.07 Å². The summed E-state index contributed by atoms with van der Waals surface area (Å²) in [4.78, 5) is 0. The van der Waals surface area contributed by atoms with Crippen molar-refractivity contribution in [3.8, 4) is 34.5 Å². The zero-order chi connectivity index (χ0) is 32.0. The van der Waals surface area contributed by atoms with E-state index in [9.17, 15) is 5.11 Å². The molecule has 0 atom stereocenters. The van der Waals surface area contributed by atoms with Gasteiger partial charge < -0.3 is 28.8 Å². The first kappa shape index (κ1) is 34.3. The van der Waals surface area contributed by atoms with Crippen LogP contribution in [-0.4, -0.2) is 38.6 Å². The number of hydrogen-bond acceptors (Lipinski definition) is 6. The van der Waals surface area contributed by atoms with Crippen molar-refractivity contribution in [1.29, 1.82) is 0 Å². The number of hydrogen-bond donors (Lipinski definition) is 1. The van der Waals surface area contributed by atoms with Gasteiger partial charge >= 0.3 is 0 Å². The van der Waals surface area contributed by atoms with Crippen molar-refractivity contribution in [2.75, 3.05) is 33.5 Å². The fourth-order valence-electron chi connectivity index (χ4n) is 5.78. The summed E-state index contributed by atoms with van der Waals surface area (Å²) in [5.41, 5.74) is 0. The topological polar surface area (TPSA) is 66.4 Å². The Bertz CT molecular complexity index is 1510. The Morgan fingerprint density at radius 2 is 0.667 bits per heavy atom. The Morgan fingerprint density at radius 3 is 0.933 bits per heavy atom. The molecule has 0 unspecified atom stereocenters. The highest BCUT2D eigenvalue weighted by Crippen LogP contribution is 2.47. The first-order valence-electron chi connectivity index (χ1n) is 17.3. The van der Waals surface area contributed by atoms with Gasteiger partial charge in [0.25, 0.3) is 0 Å². The molecule has 6 nitrogen and oxygen atoms in total. The van der Waals surface area contributed by atoms with Crippen molar-refractivity contribution in [3.05, 3.63) is 36.4 Å². The van der Waals surface area contributed by atoms with Crippen LogP contribution < -0.4 is 23.7 Å². The first-order valence-corrected chi connectivity index (χ1v) is 17.3. The van der Waals surface area contributed by atoms with E-state index in [0.717, 1.165) is 132 Å². The van der Waals surface area contributed by atoms with Gasteiger partial charge in [0.2, 0.25) is 0 Å². The molecule has 0 aliphatic rings. The molecule has 0 aliphatic heterocycles. The molecule has 0 spiro atoms. The van der Waals surface area contributed by atoms with Crippen LogP contribution in [0, 0.1) is 0 Å². The highest BCUT2D eigenvalue weighted by atomic mass is 16.5. The van der Waals surface area contributed by atoms with Crippen LogP contribution >= 0.6 is 0 Å². The zero-order valence-electron chi connectivity index (χ0n) is 28.3. The molecule has 4 aromatic carbocycles. The normalized spacial score (nSPS) is 11.4. The first-order chi connectivity index (χ1) is 22.1. The average molecular weight is 619 g/mol. The molecule has 0 fully saturated rings. The fraction of sp³-hybridized carbons (Fsp3) is 0.538. The SMILES string of the molecule is CCCCCOc1cc2c3cc(O)c(OC)cc3c3cc(OCCCCC)c(OCCCCC)cc3c2cc1OCCCCC. The average Bonchev–Trinajstić information content (AvgIpc) is 3.05. The molecule has 0 heterocycles. The molecule has 0 amide bonds. The van der Waals surface area contributed by atoms with Gasteiger partial charge in [0.1, 0.15) is 0 Å². The van der Waals surface area contributed by atoms with Crippen molar-refractivity contribution in [3.63, 3.8) is 0 Å². The highest BCUT2D eigenvalue weighted by molar-refractivity contribution is 6.26. The van der Waals surface area contributed by atoms with Crippen molar-refractivity contribution in [2.45, 2.75) is 105 Å². The lowest BCUT2D eigenvalue weighted by atomic mass is 9.93. The van der Waals surface area contributed by atoms with Crippen LogP contribution in [0.1, 0.15) is 105 Å². The summed E-state index contributed by atoms with van der Waals surface area (Å²) in [6.45, 7) is 11.3. The predicted molar refractivity (Wildman–Crippen MR) is 187 cm³/mol. The molecule has 1 N–H and O–H groups in total. The van der Waals surface area contributed by atoms with Crippen molar-refractivity contribution < 1.29 is 28.8 Å². The van der Waals surface area contributed by atoms with E-state index in [-0.39, 0.29) is 5.75 Å². The second-order valence-electron chi connectivity index (χ2n) is 12.0. The van der Waals surface area contributed by atoms with E-state index < -0.39 is 0 Å². The van der Waals surface area contributed by atoms with Gasteiger partial charge in [-0.25, -0.2) is 0 Å². The molecule has 246 valence electrons. The van der Waals surface area contributed by atoms with Gasteiger partial charge in [-0.15, -0.1) is 0 Å². The molecule has 0 bridgehead atoms. The predicted octanol–water partition coefficient (Wildman–Crippen LogP) is 11.1. The zero-order valence-corrected chi connectivity index (χ0v) is 28.3. The van der Waals surface area contributed by atoms with Gasteiger partial charge in [-0.1, -0.05) is 79.1 Å². The second kappa shape index (κ2) is 17.8. The van der Waals surface area contributed by atoms with Crippen molar-refractivity contribution in [2.24, 2.45) is 0 Å². The van der Waals surface area contributed by atoms with Crippen molar-refractivity contribution >= 4 is 32.3 Å². The smallest absolute Gasteiger partial charge is 0.161 e. The summed E-state index contributed by atoms with van der Waals surface area (Å²) < 4.78 is 31.1. The van der Waals surface area contributed by atoms with E-state index in [1.54, 1.807) is 13.2 Å². The van der Waals surface area contributed by atoms with E-state index in [2.05, 4.69) is 52.0 Å². The van der Waals surface area contributed by atoms with Crippen molar-refractivity contribution in [1.82, 2.24) is 0 Å². The molecular weight excluding hydrogens is 564 g/mol. The van der Waals surface area contributed by atoms with Gasteiger partial charge in [-0.2, -0.15) is 0 Å². The summed E-state index contributed by atoms with van der Waals surface area (Å²) in [6, 6.07) is 12.1. The van der Waals surface area contributed by atoms with Crippen LogP contribution in [0.25, 0.3) is 32.3 Å². The minimum absolute atomic E-state index is 0.0999. The summed E-state index contributed by atoms with van der Waals surface area (Å²) in [5.74, 6) is 3.52. The molecular formula is C39H54O6. The molecule has 6 heteroatoms. The monoisotopic (exact) mass is 618 g/mol. The number of phenols is 1. The Morgan fingerprint density at radius 1 is 0.400 bits per heavy atom. The standard InChI is InChI=1S/C39H54O6/c1-6-10-14-18-42-36-24-30-28-22-34(40)35(41-5)23-29(28)31-25-37(43-19-15-11-7-2)39(45-21-17-13-9-4)27-33(31)32(30)26-38(36)44-20-16-12-8-3/h22-27,40H,6-21H2,1-5H3. The third-order valence-corrected chi connectivity index (χ3v) is 8.38. The maximum atomic E-state index is 10.9. The summed E-state index contributed by atoms with van der Waals surface area (Å²) in [6.07, 6.45) is 13.0. The molecule has 0 aliphatic carbocycles. The quantitative estimate of drug-likeness (QED) is 0.0740. The molecule has 0 aromatic heterocycles. The lowest BCUT2D eigenvalue weighted by molar-refractivity contribution is 0.260. The number of rotatable bonds is 21. The third kappa shape index (κ3) is 8.80. The second-order valence-corrected chi connectivity index (χ2v) is 12.0. The highest BCUT2D eigenvalue weighted by Gasteiger charge is 2.19. The molecule has 0 saturated heterocycles. The van der Waals surface area contributed by atoms with Gasteiger partial charge in [-0.05, 0) is 94.4 Å². The van der Waals surface area contributed by atoms with E-state index >= 15 is 0 Å². The van der Waals surface area contributed by atoms with E-state index in [1.165, 1.54) is 0 Å². The van der Waals surface area contributed by atoms with E-state index in [4.69, 9.17) is 23.7 Å². The third-order valence-electron chi connectivity index (χ3n) is 8.38. The number of fused-ring (bicyclic) bond motifs is 6. The number of benzene rings is 4. The van der Waals surface area contributed by atoms with Crippen LogP contribution in [0.15, 0.2) is 36.4 Å². The summed E-state index contributed by atoms with van der Waals surface area (Å²) in [5, 5.41) is 16.8. The fourth-order valence-corrected chi connectivity index (χ4v) is 5.78. The van der Waals surface area contributed by atoms with Gasteiger partial charge in [-0.3, -0.25) is 0 Å². The summed E-state index contributed by atoms with van der Waals surface area (Å²) >= 11 is 0. The summed E-state index contributed by atoms with van der Waals surface area (Å²) in [7, 11) is 1.58. The van der Waals surface area contributed by atoms with Crippen LogP contribution in [0.4, 0.5) is 0 Å². The molecule has 0 radical (unpaired) electrons. The number of methoxy groups -OCH3 is 1. The number of aromatic hydroxyl groups is 1. The number of unbranched alkanes of at least 4 members (excludes halogenated alkanes) is 8. The molecule has 0 saturated carbocycles. The number of ether oxygens (including phenoxy) is 5. The Kier molecular flexibility index (Phi) is 13.6. The van der Waals surface area contributed by atoms with Crippen LogP contribution in [0.3, 0.4) is 0 Å². The Hall–Kier alpha value is -3.54. The van der Waals surface area contributed by atoms with E-state index in [0.29, 0.717) is 32.2 Å². The Balaban J connectivity index is 1.95.